The molecule has 0 radical (unpaired) electrons. The van der Waals surface area contributed by atoms with Gasteiger partial charge in [0.2, 0.25) is 5.91 Å². The summed E-state index contributed by atoms with van der Waals surface area (Å²) in [5.41, 5.74) is 0.573. The smallest absolute Gasteiger partial charge is 0.306 e. The second-order valence-electron chi connectivity index (χ2n) is 6.31. The van der Waals surface area contributed by atoms with Crippen LogP contribution in [0.25, 0.3) is 6.08 Å². The molecular weight excluding hydrogens is 375 g/mol. The van der Waals surface area contributed by atoms with E-state index < -0.39 is 28.9 Å². The molecule has 27 heavy (non-hydrogen) atoms. The molecule has 2 fully saturated rings. The molecule has 0 atom stereocenters. The van der Waals surface area contributed by atoms with E-state index in [2.05, 4.69) is 0 Å². The Morgan fingerprint density at radius 1 is 1.19 bits per heavy atom. The monoisotopic (exact) mass is 392 g/mol. The predicted molar refractivity (Wildman–Crippen MR) is 96.0 cm³/mol. The van der Waals surface area contributed by atoms with Crippen LogP contribution in [-0.2, 0) is 14.4 Å². The number of aliphatic carboxylic acids is 1. The molecule has 0 spiro atoms. The van der Waals surface area contributed by atoms with E-state index in [0.717, 1.165) is 16.7 Å². The van der Waals surface area contributed by atoms with Gasteiger partial charge >= 0.3 is 5.97 Å². The standard InChI is InChI=1S/C18H17FN2O5S/c19-13-3-1-11(2-4-13)9-14-16(23)21(18(26)27-14)10-15(22)20-7-5-12(6-8-20)17(24)25/h1-4,9,12H,5-8,10H2,(H,24,25)/b14-9+. The fraction of sp³-hybridized carbons (Fsp3) is 0.333. The van der Waals surface area contributed by atoms with Gasteiger partial charge < -0.3 is 10.0 Å². The number of imide groups is 1. The van der Waals surface area contributed by atoms with Crippen LogP contribution in [0.2, 0.25) is 0 Å². The Morgan fingerprint density at radius 2 is 1.81 bits per heavy atom. The van der Waals surface area contributed by atoms with Gasteiger partial charge in [-0.15, -0.1) is 0 Å². The minimum Gasteiger partial charge on any atom is -0.481 e. The van der Waals surface area contributed by atoms with Crippen LogP contribution in [0.1, 0.15) is 18.4 Å². The number of carbonyl (C=O) groups excluding carboxylic acids is 3. The summed E-state index contributed by atoms with van der Waals surface area (Å²) in [5, 5.41) is 8.46. The number of amides is 3. The van der Waals surface area contributed by atoms with Crippen LogP contribution < -0.4 is 0 Å². The fourth-order valence-electron chi connectivity index (χ4n) is 2.96. The molecule has 2 saturated heterocycles. The Morgan fingerprint density at radius 3 is 2.41 bits per heavy atom. The first-order chi connectivity index (χ1) is 12.8. The highest BCUT2D eigenvalue weighted by Crippen LogP contribution is 2.32. The maximum absolute atomic E-state index is 13.0. The van der Waals surface area contributed by atoms with Crippen LogP contribution in [0, 0.1) is 11.7 Å². The first kappa shape index (κ1) is 19.1. The summed E-state index contributed by atoms with van der Waals surface area (Å²) in [6.45, 7) is 0.206. The molecule has 2 aliphatic heterocycles. The molecule has 3 amide bonds. The van der Waals surface area contributed by atoms with Gasteiger partial charge in [0.25, 0.3) is 11.1 Å². The molecule has 1 aromatic carbocycles. The maximum atomic E-state index is 13.0. The Bertz CT molecular complexity index is 816. The summed E-state index contributed by atoms with van der Waals surface area (Å²) in [7, 11) is 0. The van der Waals surface area contributed by atoms with Crippen molar-refractivity contribution in [2.45, 2.75) is 12.8 Å². The van der Waals surface area contributed by atoms with Crippen LogP contribution in [0.15, 0.2) is 29.2 Å². The van der Waals surface area contributed by atoms with E-state index >= 15 is 0 Å². The van der Waals surface area contributed by atoms with E-state index in [4.69, 9.17) is 5.11 Å². The van der Waals surface area contributed by atoms with Crippen molar-refractivity contribution >= 4 is 40.9 Å². The second-order valence-corrected chi connectivity index (χ2v) is 7.31. The summed E-state index contributed by atoms with van der Waals surface area (Å²) < 4.78 is 13.0. The lowest BCUT2D eigenvalue weighted by Crippen LogP contribution is -2.46. The lowest BCUT2D eigenvalue weighted by Gasteiger charge is -2.30. The van der Waals surface area contributed by atoms with Gasteiger partial charge in [-0.3, -0.25) is 24.1 Å². The van der Waals surface area contributed by atoms with Gasteiger partial charge in [0.05, 0.1) is 10.8 Å². The van der Waals surface area contributed by atoms with Crippen molar-refractivity contribution in [2.75, 3.05) is 19.6 Å². The minimum absolute atomic E-state index is 0.170. The number of nitrogens with zero attached hydrogens (tertiary/aromatic N) is 2. The molecule has 3 rings (SSSR count). The van der Waals surface area contributed by atoms with Crippen LogP contribution >= 0.6 is 11.8 Å². The highest BCUT2D eigenvalue weighted by atomic mass is 32.2. The van der Waals surface area contributed by atoms with Crippen molar-refractivity contribution in [3.63, 3.8) is 0 Å². The summed E-state index contributed by atoms with van der Waals surface area (Å²) in [6.07, 6.45) is 2.19. The van der Waals surface area contributed by atoms with Crippen molar-refractivity contribution in [2.24, 2.45) is 5.92 Å². The number of rotatable bonds is 4. The molecule has 142 valence electrons. The van der Waals surface area contributed by atoms with Crippen LogP contribution in [0.4, 0.5) is 9.18 Å². The summed E-state index contributed by atoms with van der Waals surface area (Å²) in [6, 6.07) is 5.48. The van der Waals surface area contributed by atoms with Gasteiger partial charge in [0.1, 0.15) is 12.4 Å². The van der Waals surface area contributed by atoms with Crippen molar-refractivity contribution in [3.05, 3.63) is 40.6 Å². The van der Waals surface area contributed by atoms with Crippen molar-refractivity contribution < 1.29 is 28.7 Å². The number of likely N-dealkylation sites (tertiary alicyclic amines) is 1. The maximum Gasteiger partial charge on any atom is 0.306 e. The Balaban J connectivity index is 1.63. The number of carboxylic acid groups (broad SMARTS) is 1. The Hall–Kier alpha value is -2.68. The van der Waals surface area contributed by atoms with Crippen molar-refractivity contribution in [1.29, 1.82) is 0 Å². The minimum atomic E-state index is -0.876. The topological polar surface area (TPSA) is 95.0 Å². The highest BCUT2D eigenvalue weighted by Gasteiger charge is 2.37. The average Bonchev–Trinajstić information content (AvgIpc) is 2.91. The molecule has 9 heteroatoms. The third-order valence-electron chi connectivity index (χ3n) is 4.53. The third kappa shape index (κ3) is 4.36. The van der Waals surface area contributed by atoms with Gasteiger partial charge in [0, 0.05) is 13.1 Å². The molecule has 2 heterocycles. The molecule has 1 N–H and O–H groups in total. The summed E-state index contributed by atoms with van der Waals surface area (Å²) >= 11 is 0.730. The molecule has 0 saturated carbocycles. The molecule has 0 bridgehead atoms. The van der Waals surface area contributed by atoms with E-state index in [1.165, 1.54) is 35.2 Å². The zero-order valence-corrected chi connectivity index (χ0v) is 15.1. The fourth-order valence-corrected chi connectivity index (χ4v) is 3.80. The number of hydrogen-bond acceptors (Lipinski definition) is 5. The quantitative estimate of drug-likeness (QED) is 0.790. The predicted octanol–water partition coefficient (Wildman–Crippen LogP) is 2.19. The van der Waals surface area contributed by atoms with Crippen molar-refractivity contribution in [1.82, 2.24) is 9.80 Å². The van der Waals surface area contributed by atoms with Gasteiger partial charge in [-0.05, 0) is 48.4 Å². The Kier molecular flexibility index (Phi) is 5.59. The first-order valence-electron chi connectivity index (χ1n) is 8.36. The number of halogens is 1. The van der Waals surface area contributed by atoms with Gasteiger partial charge in [-0.25, -0.2) is 4.39 Å². The molecular formula is C18H17FN2O5S. The number of benzene rings is 1. The normalized spacial score (nSPS) is 19.8. The lowest BCUT2D eigenvalue weighted by molar-refractivity contribution is -0.146. The van der Waals surface area contributed by atoms with Crippen molar-refractivity contribution in [3.8, 4) is 0 Å². The van der Waals surface area contributed by atoms with E-state index in [1.54, 1.807) is 0 Å². The van der Waals surface area contributed by atoms with E-state index in [-0.39, 0.29) is 30.4 Å². The summed E-state index contributed by atoms with van der Waals surface area (Å²) in [4.78, 5) is 50.4. The molecule has 2 aliphatic rings. The SMILES string of the molecule is O=C(O)C1CCN(C(=O)CN2C(=O)S/C(=C/c3ccc(F)cc3)C2=O)CC1. The van der Waals surface area contributed by atoms with E-state index in [9.17, 15) is 23.6 Å². The number of carboxylic acids is 1. The highest BCUT2D eigenvalue weighted by molar-refractivity contribution is 8.18. The average molecular weight is 392 g/mol. The second kappa shape index (κ2) is 7.91. The largest absolute Gasteiger partial charge is 0.481 e. The Labute approximate surface area is 158 Å². The lowest BCUT2D eigenvalue weighted by atomic mass is 9.97. The molecule has 7 nitrogen and oxygen atoms in total. The van der Waals surface area contributed by atoms with Gasteiger partial charge in [-0.1, -0.05) is 12.1 Å². The van der Waals surface area contributed by atoms with Crippen LogP contribution in [0.5, 0.6) is 0 Å². The van der Waals surface area contributed by atoms with Crippen LogP contribution in [0.3, 0.4) is 0 Å². The zero-order chi connectivity index (χ0) is 19.6. The zero-order valence-electron chi connectivity index (χ0n) is 14.3. The number of hydrogen-bond donors (Lipinski definition) is 1. The van der Waals surface area contributed by atoms with Gasteiger partial charge in [-0.2, -0.15) is 0 Å². The van der Waals surface area contributed by atoms with E-state index in [0.29, 0.717) is 18.4 Å². The van der Waals surface area contributed by atoms with Crippen LogP contribution in [-0.4, -0.2) is 57.6 Å². The molecule has 1 aromatic rings. The molecule has 0 aliphatic carbocycles. The van der Waals surface area contributed by atoms with Gasteiger partial charge in [0.15, 0.2) is 0 Å². The van der Waals surface area contributed by atoms with E-state index in [1.807, 2.05) is 0 Å². The number of carbonyl (C=O) groups is 4. The number of thioether (sulfide) groups is 1. The first-order valence-corrected chi connectivity index (χ1v) is 9.18. The molecule has 0 aromatic heterocycles. The third-order valence-corrected chi connectivity index (χ3v) is 5.44. The number of piperidine rings is 1. The summed E-state index contributed by atoms with van der Waals surface area (Å²) in [5.74, 6) is -2.70. The molecule has 0 unspecified atom stereocenters.